The van der Waals surface area contributed by atoms with Gasteiger partial charge in [0.2, 0.25) is 0 Å². The van der Waals surface area contributed by atoms with Crippen molar-refractivity contribution in [3.8, 4) is 11.3 Å². The van der Waals surface area contributed by atoms with Crippen molar-refractivity contribution in [2.24, 2.45) is 0 Å². The molecule has 1 unspecified atom stereocenters. The van der Waals surface area contributed by atoms with Crippen molar-refractivity contribution in [3.63, 3.8) is 0 Å². The van der Waals surface area contributed by atoms with E-state index in [1.54, 1.807) is 6.07 Å². The zero-order valence-electron chi connectivity index (χ0n) is 22.6. The molecule has 202 valence electrons. The quantitative estimate of drug-likeness (QED) is 0.351. The summed E-state index contributed by atoms with van der Waals surface area (Å²) in [5.74, 6) is -0.358. The molecule has 1 saturated carbocycles. The van der Waals surface area contributed by atoms with E-state index in [1.165, 1.54) is 92.2 Å². The second-order valence-corrected chi connectivity index (χ2v) is 12.0. The van der Waals surface area contributed by atoms with Crippen LogP contribution in [0.2, 0.25) is 5.02 Å². The van der Waals surface area contributed by atoms with Gasteiger partial charge in [0, 0.05) is 59.4 Å². The molecule has 1 saturated heterocycles. The number of carboxylic acids is 1. The average molecular weight is 534 g/mol. The van der Waals surface area contributed by atoms with Crippen LogP contribution in [0.5, 0.6) is 0 Å². The summed E-state index contributed by atoms with van der Waals surface area (Å²) in [7, 11) is 0. The van der Waals surface area contributed by atoms with E-state index in [-0.39, 0.29) is 0 Å². The lowest BCUT2D eigenvalue weighted by Crippen LogP contribution is -2.44. The third-order valence-corrected chi connectivity index (χ3v) is 9.63. The smallest absolute Gasteiger partial charge is 0.335 e. The molecule has 2 fully saturated rings. The SMILES string of the molecule is CCC1CCCCN1CCN1CCn2c(c(C3CCCCC3)c3ccc(C(=O)O)cc32)-c2ccc(Cl)cc21. The standard InChI is InChI=1S/C32H40ClN3O2/c1-2-25-10-6-7-15-34(25)16-17-35-18-19-36-29-20-23(32(37)38)11-13-26(29)30(22-8-4-3-5-9-22)31(36)27-14-12-24(33)21-28(27)35/h11-14,20-22,25H,2-10,15-19H2,1H3,(H,37,38). The number of carbonyl (C=O) groups is 1. The van der Waals surface area contributed by atoms with Crippen LogP contribution in [-0.2, 0) is 6.54 Å². The van der Waals surface area contributed by atoms with Crippen molar-refractivity contribution in [2.45, 2.75) is 83.2 Å². The summed E-state index contributed by atoms with van der Waals surface area (Å²) in [6.07, 6.45) is 11.4. The fourth-order valence-electron chi connectivity index (χ4n) is 7.44. The Kier molecular flexibility index (Phi) is 7.41. The summed E-state index contributed by atoms with van der Waals surface area (Å²) in [5, 5.41) is 11.8. The third-order valence-electron chi connectivity index (χ3n) is 9.39. The summed E-state index contributed by atoms with van der Waals surface area (Å²) in [6.45, 7) is 7.29. The number of nitrogens with zero attached hydrogens (tertiary/aromatic N) is 3. The number of anilines is 1. The third kappa shape index (κ3) is 4.73. The molecule has 1 N–H and O–H groups in total. The van der Waals surface area contributed by atoms with Gasteiger partial charge in [0.25, 0.3) is 0 Å². The van der Waals surface area contributed by atoms with Gasteiger partial charge in [-0.15, -0.1) is 0 Å². The molecular formula is C32H40ClN3O2. The van der Waals surface area contributed by atoms with Gasteiger partial charge in [-0.25, -0.2) is 4.79 Å². The Hall–Kier alpha value is -2.50. The van der Waals surface area contributed by atoms with Crippen LogP contribution < -0.4 is 4.90 Å². The van der Waals surface area contributed by atoms with Gasteiger partial charge in [0.05, 0.1) is 11.3 Å². The molecule has 3 aromatic rings. The van der Waals surface area contributed by atoms with Gasteiger partial charge in [-0.05, 0) is 80.5 Å². The summed E-state index contributed by atoms with van der Waals surface area (Å²) < 4.78 is 2.42. The fourth-order valence-corrected chi connectivity index (χ4v) is 7.61. The van der Waals surface area contributed by atoms with E-state index in [1.807, 2.05) is 12.1 Å². The van der Waals surface area contributed by atoms with Crippen LogP contribution in [-0.4, -0.2) is 52.8 Å². The number of hydrogen-bond donors (Lipinski definition) is 1. The van der Waals surface area contributed by atoms with Crippen LogP contribution in [0, 0.1) is 0 Å². The lowest BCUT2D eigenvalue weighted by molar-refractivity contribution is 0.0697. The molecule has 1 aromatic heterocycles. The minimum atomic E-state index is -0.865. The molecular weight excluding hydrogens is 494 g/mol. The van der Waals surface area contributed by atoms with Crippen molar-refractivity contribution < 1.29 is 9.90 Å². The summed E-state index contributed by atoms with van der Waals surface area (Å²) in [4.78, 5) is 17.2. The van der Waals surface area contributed by atoms with Gasteiger partial charge in [-0.3, -0.25) is 4.90 Å². The van der Waals surface area contributed by atoms with Gasteiger partial charge < -0.3 is 14.6 Å². The molecule has 0 amide bonds. The molecule has 1 aliphatic carbocycles. The maximum Gasteiger partial charge on any atom is 0.335 e. The Bertz CT molecular complexity index is 1330. The molecule has 0 radical (unpaired) electrons. The zero-order chi connectivity index (χ0) is 26.2. The lowest BCUT2D eigenvalue weighted by atomic mass is 9.81. The van der Waals surface area contributed by atoms with Crippen LogP contribution in [0.4, 0.5) is 5.69 Å². The number of rotatable bonds is 6. The van der Waals surface area contributed by atoms with Gasteiger partial charge in [-0.2, -0.15) is 0 Å². The zero-order valence-corrected chi connectivity index (χ0v) is 23.3. The van der Waals surface area contributed by atoms with E-state index < -0.39 is 5.97 Å². The van der Waals surface area contributed by atoms with Crippen molar-refractivity contribution >= 4 is 34.2 Å². The first-order chi connectivity index (χ1) is 18.5. The number of piperidine rings is 1. The molecule has 6 rings (SSSR count). The van der Waals surface area contributed by atoms with E-state index in [9.17, 15) is 9.90 Å². The molecule has 3 heterocycles. The molecule has 6 heteroatoms. The first-order valence-corrected chi connectivity index (χ1v) is 15.1. The number of aromatic nitrogens is 1. The minimum Gasteiger partial charge on any atom is -0.478 e. The Morgan fingerprint density at radius 1 is 0.947 bits per heavy atom. The Morgan fingerprint density at radius 3 is 2.55 bits per heavy atom. The molecule has 38 heavy (non-hydrogen) atoms. The molecule has 3 aliphatic rings. The Balaban J connectivity index is 1.45. The molecule has 0 bridgehead atoms. The monoisotopic (exact) mass is 533 g/mol. The highest BCUT2D eigenvalue weighted by Gasteiger charge is 2.31. The topological polar surface area (TPSA) is 48.7 Å². The van der Waals surface area contributed by atoms with Crippen LogP contribution in [0.15, 0.2) is 36.4 Å². The summed E-state index contributed by atoms with van der Waals surface area (Å²) in [5.41, 5.74) is 6.59. The number of benzene rings is 2. The largest absolute Gasteiger partial charge is 0.478 e. The highest BCUT2D eigenvalue weighted by atomic mass is 35.5. The number of hydrogen-bond acceptors (Lipinski definition) is 3. The molecule has 2 aromatic carbocycles. The van der Waals surface area contributed by atoms with Crippen molar-refractivity contribution in [1.29, 1.82) is 0 Å². The Labute approximate surface area is 231 Å². The molecule has 0 spiro atoms. The van der Waals surface area contributed by atoms with E-state index in [0.717, 1.165) is 36.7 Å². The van der Waals surface area contributed by atoms with Crippen molar-refractivity contribution in [3.05, 3.63) is 52.5 Å². The highest BCUT2D eigenvalue weighted by Crippen LogP contribution is 2.48. The van der Waals surface area contributed by atoms with Crippen molar-refractivity contribution in [1.82, 2.24) is 9.47 Å². The maximum absolute atomic E-state index is 11.9. The Morgan fingerprint density at radius 2 is 1.76 bits per heavy atom. The number of aromatic carboxylic acids is 1. The van der Waals surface area contributed by atoms with Crippen LogP contribution in [0.1, 0.15) is 86.6 Å². The fraction of sp³-hybridized carbons (Fsp3) is 0.531. The molecule has 2 aliphatic heterocycles. The molecule has 5 nitrogen and oxygen atoms in total. The van der Waals surface area contributed by atoms with Gasteiger partial charge in [0.15, 0.2) is 0 Å². The van der Waals surface area contributed by atoms with Gasteiger partial charge in [-0.1, -0.05) is 50.3 Å². The second kappa shape index (κ2) is 10.9. The number of likely N-dealkylation sites (tertiary alicyclic amines) is 1. The van der Waals surface area contributed by atoms with Crippen LogP contribution in [0.25, 0.3) is 22.2 Å². The summed E-state index contributed by atoms with van der Waals surface area (Å²) >= 11 is 6.63. The predicted molar refractivity (Wildman–Crippen MR) is 157 cm³/mol. The predicted octanol–water partition coefficient (Wildman–Crippen LogP) is 7.79. The van der Waals surface area contributed by atoms with Crippen LogP contribution in [0.3, 0.4) is 0 Å². The highest BCUT2D eigenvalue weighted by molar-refractivity contribution is 6.31. The van der Waals surface area contributed by atoms with Crippen molar-refractivity contribution in [2.75, 3.05) is 31.1 Å². The number of halogens is 1. The van der Waals surface area contributed by atoms with E-state index in [4.69, 9.17) is 11.6 Å². The van der Waals surface area contributed by atoms with E-state index in [0.29, 0.717) is 17.5 Å². The van der Waals surface area contributed by atoms with E-state index >= 15 is 0 Å². The van der Waals surface area contributed by atoms with Gasteiger partial charge >= 0.3 is 5.97 Å². The minimum absolute atomic E-state index is 0.362. The lowest BCUT2D eigenvalue weighted by Gasteiger charge is -2.37. The maximum atomic E-state index is 11.9. The number of carboxylic acid groups (broad SMARTS) is 1. The second-order valence-electron chi connectivity index (χ2n) is 11.5. The normalized spacial score (nSPS) is 20.8. The first kappa shape index (κ1) is 25.8. The first-order valence-electron chi connectivity index (χ1n) is 14.7. The van der Waals surface area contributed by atoms with Crippen LogP contribution >= 0.6 is 11.6 Å². The summed E-state index contributed by atoms with van der Waals surface area (Å²) in [6, 6.07) is 12.8. The van der Waals surface area contributed by atoms with E-state index in [2.05, 4.69) is 39.5 Å². The molecule has 1 atom stereocenters. The number of fused-ring (bicyclic) bond motifs is 5. The van der Waals surface area contributed by atoms with Gasteiger partial charge in [0.1, 0.15) is 0 Å². The average Bonchev–Trinajstić information content (AvgIpc) is 3.18.